The zero-order chi connectivity index (χ0) is 14.6. The number of nitrogens with one attached hydrogen (secondary N) is 1. The lowest BCUT2D eigenvalue weighted by molar-refractivity contribution is 0.598. The molecule has 8 heteroatoms. The summed E-state index contributed by atoms with van der Waals surface area (Å²) in [6, 6.07) is 7.25. The van der Waals surface area contributed by atoms with E-state index in [0.717, 1.165) is 5.56 Å². The molecule has 5 nitrogen and oxygen atoms in total. The van der Waals surface area contributed by atoms with Crippen LogP contribution in [0.1, 0.15) is 6.92 Å². The fourth-order valence-corrected chi connectivity index (χ4v) is 3.66. The molecule has 0 fully saturated rings. The third-order valence-electron chi connectivity index (χ3n) is 2.65. The molecule has 0 amide bonds. The zero-order valence-corrected chi connectivity index (χ0v) is 13.2. The normalized spacial score (nSPS) is 11.7. The molecule has 2 rings (SSSR count). The molecule has 0 aliphatic carbocycles. The second kappa shape index (κ2) is 6.60. The summed E-state index contributed by atoms with van der Waals surface area (Å²) in [5.74, 6) is 1.40. The highest BCUT2D eigenvalue weighted by molar-refractivity contribution is 8.00. The molecule has 108 valence electrons. The van der Waals surface area contributed by atoms with Crippen molar-refractivity contribution in [3.8, 4) is 11.4 Å². The molecule has 0 atom stereocenters. The number of aromatic amines is 1. The van der Waals surface area contributed by atoms with E-state index in [0.29, 0.717) is 21.8 Å². The molecule has 20 heavy (non-hydrogen) atoms. The zero-order valence-electron chi connectivity index (χ0n) is 10.8. The molecule has 0 aliphatic heterocycles. The van der Waals surface area contributed by atoms with Gasteiger partial charge in [0.2, 0.25) is 5.16 Å². The summed E-state index contributed by atoms with van der Waals surface area (Å²) >= 11 is 7.14. The average molecular weight is 332 g/mol. The number of H-pyrrole nitrogens is 1. The highest BCUT2D eigenvalue weighted by Crippen LogP contribution is 2.21. The van der Waals surface area contributed by atoms with Crippen LogP contribution in [0, 0.1) is 0 Å². The fourth-order valence-electron chi connectivity index (χ4n) is 1.45. The molecule has 2 aromatic rings. The van der Waals surface area contributed by atoms with Gasteiger partial charge in [0, 0.05) is 22.1 Å². The highest BCUT2D eigenvalue weighted by atomic mass is 35.5. The van der Waals surface area contributed by atoms with Crippen molar-refractivity contribution in [3.05, 3.63) is 29.3 Å². The first-order valence-electron chi connectivity index (χ1n) is 6.02. The van der Waals surface area contributed by atoms with Gasteiger partial charge in [-0.2, -0.15) is 0 Å². The predicted molar refractivity (Wildman–Crippen MR) is 81.9 cm³/mol. The predicted octanol–water partition coefficient (Wildman–Crippen LogP) is 2.65. The highest BCUT2D eigenvalue weighted by Gasteiger charge is 2.10. The number of hydrogen-bond donors (Lipinski definition) is 1. The number of thioether (sulfide) groups is 1. The van der Waals surface area contributed by atoms with Crippen molar-refractivity contribution in [2.75, 3.05) is 17.3 Å². The van der Waals surface area contributed by atoms with Crippen LogP contribution in [0.15, 0.2) is 29.4 Å². The molecule has 1 N–H and O–H groups in total. The molecule has 1 aromatic heterocycles. The Morgan fingerprint density at radius 3 is 2.65 bits per heavy atom. The quantitative estimate of drug-likeness (QED) is 0.823. The largest absolute Gasteiger partial charge is 0.258 e. The number of benzene rings is 1. The lowest BCUT2D eigenvalue weighted by Gasteiger charge is -1.98. The molecule has 0 spiro atoms. The van der Waals surface area contributed by atoms with Crippen molar-refractivity contribution >= 4 is 33.2 Å². The van der Waals surface area contributed by atoms with Gasteiger partial charge in [-0.25, -0.2) is 13.4 Å². The van der Waals surface area contributed by atoms with E-state index in [4.69, 9.17) is 11.6 Å². The summed E-state index contributed by atoms with van der Waals surface area (Å²) in [4.78, 5) is 4.31. The lowest BCUT2D eigenvalue weighted by Crippen LogP contribution is -2.10. The molecular weight excluding hydrogens is 318 g/mol. The molecule has 0 bridgehead atoms. The fraction of sp³-hybridized carbons (Fsp3) is 0.333. The Balaban J connectivity index is 1.97. The van der Waals surface area contributed by atoms with Crippen molar-refractivity contribution in [2.24, 2.45) is 0 Å². The molecule has 0 unspecified atom stereocenters. The van der Waals surface area contributed by atoms with Crippen molar-refractivity contribution in [1.82, 2.24) is 15.2 Å². The number of nitrogens with zero attached hydrogens (tertiary/aromatic N) is 2. The second-order valence-electron chi connectivity index (χ2n) is 4.06. The smallest absolute Gasteiger partial charge is 0.208 e. The summed E-state index contributed by atoms with van der Waals surface area (Å²) < 4.78 is 22.7. The van der Waals surface area contributed by atoms with Gasteiger partial charge in [0.25, 0.3) is 0 Å². The maximum absolute atomic E-state index is 11.4. The molecule has 0 aliphatic rings. The molecule has 0 saturated heterocycles. The minimum atomic E-state index is -2.94. The van der Waals surface area contributed by atoms with Crippen LogP contribution in [0.5, 0.6) is 0 Å². The Labute approximate surface area is 127 Å². The Hall–Kier alpha value is -1.05. The maximum Gasteiger partial charge on any atom is 0.208 e. The van der Waals surface area contributed by atoms with Gasteiger partial charge in [0.15, 0.2) is 15.7 Å². The first kappa shape index (κ1) is 15.3. The monoisotopic (exact) mass is 331 g/mol. The summed E-state index contributed by atoms with van der Waals surface area (Å²) in [7, 11) is -2.94. The third-order valence-corrected chi connectivity index (χ3v) is 5.71. The van der Waals surface area contributed by atoms with Crippen LogP contribution in [0.3, 0.4) is 0 Å². The standard InChI is InChI=1S/C12H14ClN3O2S2/c1-2-20(17,18)8-7-19-12-14-11(15-16-12)9-3-5-10(13)6-4-9/h3-6H,2,7-8H2,1H3,(H,14,15,16). The van der Waals surface area contributed by atoms with Gasteiger partial charge >= 0.3 is 0 Å². The van der Waals surface area contributed by atoms with Gasteiger partial charge in [-0.15, -0.1) is 5.10 Å². The van der Waals surface area contributed by atoms with E-state index < -0.39 is 9.84 Å². The summed E-state index contributed by atoms with van der Waals surface area (Å²) in [6.07, 6.45) is 0. The summed E-state index contributed by atoms with van der Waals surface area (Å²) in [5, 5.41) is 8.09. The van der Waals surface area contributed by atoms with Crippen molar-refractivity contribution < 1.29 is 8.42 Å². The topological polar surface area (TPSA) is 75.7 Å². The van der Waals surface area contributed by atoms with E-state index in [-0.39, 0.29) is 11.5 Å². The van der Waals surface area contributed by atoms with Crippen LogP contribution in [0.25, 0.3) is 11.4 Å². The Bertz CT molecular complexity index is 668. The first-order valence-corrected chi connectivity index (χ1v) is 9.20. The van der Waals surface area contributed by atoms with E-state index in [1.807, 2.05) is 12.1 Å². The van der Waals surface area contributed by atoms with Crippen LogP contribution >= 0.6 is 23.4 Å². The van der Waals surface area contributed by atoms with Gasteiger partial charge in [0.05, 0.1) is 5.75 Å². The minimum Gasteiger partial charge on any atom is -0.258 e. The SMILES string of the molecule is CCS(=O)(=O)CCSc1n[nH]c(-c2ccc(Cl)cc2)n1. The van der Waals surface area contributed by atoms with E-state index in [9.17, 15) is 8.42 Å². The van der Waals surface area contributed by atoms with Crippen molar-refractivity contribution in [2.45, 2.75) is 12.1 Å². The number of hydrogen-bond acceptors (Lipinski definition) is 5. The minimum absolute atomic E-state index is 0.138. The van der Waals surface area contributed by atoms with Gasteiger partial charge < -0.3 is 0 Å². The van der Waals surface area contributed by atoms with Crippen LogP contribution in [-0.2, 0) is 9.84 Å². The van der Waals surface area contributed by atoms with Gasteiger partial charge in [-0.1, -0.05) is 30.3 Å². The number of halogens is 1. The van der Waals surface area contributed by atoms with Gasteiger partial charge in [-0.3, -0.25) is 5.10 Å². The van der Waals surface area contributed by atoms with Crippen LogP contribution in [-0.4, -0.2) is 40.9 Å². The van der Waals surface area contributed by atoms with E-state index >= 15 is 0 Å². The number of rotatable bonds is 6. The lowest BCUT2D eigenvalue weighted by atomic mass is 10.2. The van der Waals surface area contributed by atoms with Crippen molar-refractivity contribution in [1.29, 1.82) is 0 Å². The molecule has 0 radical (unpaired) electrons. The van der Waals surface area contributed by atoms with E-state index in [2.05, 4.69) is 15.2 Å². The molecular formula is C12H14ClN3O2S2. The first-order chi connectivity index (χ1) is 9.50. The summed E-state index contributed by atoms with van der Waals surface area (Å²) in [6.45, 7) is 1.64. The van der Waals surface area contributed by atoms with Crippen LogP contribution in [0.2, 0.25) is 5.02 Å². The number of sulfone groups is 1. The van der Waals surface area contributed by atoms with Crippen LogP contribution < -0.4 is 0 Å². The molecule has 0 saturated carbocycles. The Morgan fingerprint density at radius 1 is 1.30 bits per heavy atom. The second-order valence-corrected chi connectivity index (χ2v) is 8.03. The van der Waals surface area contributed by atoms with Gasteiger partial charge in [0.1, 0.15) is 0 Å². The third kappa shape index (κ3) is 4.22. The average Bonchev–Trinajstić information content (AvgIpc) is 2.88. The molecule has 1 heterocycles. The van der Waals surface area contributed by atoms with E-state index in [1.54, 1.807) is 19.1 Å². The Morgan fingerprint density at radius 2 is 2.00 bits per heavy atom. The summed E-state index contributed by atoms with van der Waals surface area (Å²) in [5.41, 5.74) is 0.884. The maximum atomic E-state index is 11.4. The van der Waals surface area contributed by atoms with Gasteiger partial charge in [-0.05, 0) is 24.3 Å². The van der Waals surface area contributed by atoms with Crippen LogP contribution in [0.4, 0.5) is 0 Å². The number of aromatic nitrogens is 3. The van der Waals surface area contributed by atoms with E-state index in [1.165, 1.54) is 11.8 Å². The molecule has 1 aromatic carbocycles. The van der Waals surface area contributed by atoms with Crippen molar-refractivity contribution in [3.63, 3.8) is 0 Å². The Kier molecular flexibility index (Phi) is 5.06.